The maximum Gasteiger partial charge on any atom is 0.0924 e. The minimum atomic E-state index is 0.190. The topological polar surface area (TPSA) is 73.3 Å². The molecule has 0 amide bonds. The number of nitrogens with one attached hydrogen (secondary N) is 1. The Kier molecular flexibility index (Phi) is 5.56. The van der Waals surface area contributed by atoms with E-state index >= 15 is 0 Å². The van der Waals surface area contributed by atoms with Gasteiger partial charge in [-0.1, -0.05) is 30.3 Å². The molecule has 2 unspecified atom stereocenters. The largest absolute Gasteiger partial charge is 0.396 e. The molecule has 4 N–H and O–H groups in total. The van der Waals surface area contributed by atoms with Crippen LogP contribution in [0.4, 0.5) is 0 Å². The monoisotopic (exact) mass is 275 g/mol. The Balaban J connectivity index is 2.12. The molecule has 1 aliphatic rings. The summed E-state index contributed by atoms with van der Waals surface area (Å²) in [6.07, 6.45) is 3.80. The first-order chi connectivity index (χ1) is 9.70. The number of aliphatic hydroxyl groups excluding tert-OH is 1. The number of piperidine rings is 1. The van der Waals surface area contributed by atoms with Crippen molar-refractivity contribution in [3.05, 3.63) is 35.9 Å². The van der Waals surface area contributed by atoms with E-state index in [2.05, 4.69) is 17.0 Å². The fraction of sp³-hybridized carbons (Fsp3) is 0.562. The minimum absolute atomic E-state index is 0.190. The Bertz CT molecular complexity index is 419. The molecule has 0 radical (unpaired) electrons. The van der Waals surface area contributed by atoms with E-state index in [0.717, 1.165) is 25.9 Å². The highest BCUT2D eigenvalue weighted by molar-refractivity contribution is 5.77. The fourth-order valence-corrected chi connectivity index (χ4v) is 3.14. The highest BCUT2D eigenvalue weighted by Crippen LogP contribution is 2.30. The molecule has 4 heteroatoms. The molecular weight excluding hydrogens is 250 g/mol. The molecule has 0 aliphatic carbocycles. The molecule has 0 aromatic heterocycles. The molecule has 0 bridgehead atoms. The first-order valence-corrected chi connectivity index (χ1v) is 7.43. The highest BCUT2D eigenvalue weighted by Gasteiger charge is 2.27. The zero-order valence-corrected chi connectivity index (χ0v) is 12.0. The van der Waals surface area contributed by atoms with Crippen molar-refractivity contribution in [2.45, 2.75) is 31.7 Å². The van der Waals surface area contributed by atoms with Crippen molar-refractivity contribution in [2.75, 3.05) is 19.7 Å². The van der Waals surface area contributed by atoms with Crippen LogP contribution in [-0.4, -0.2) is 35.5 Å². The summed E-state index contributed by atoms with van der Waals surface area (Å²) in [5.41, 5.74) is 6.88. The number of amidine groups is 1. The molecule has 1 fully saturated rings. The van der Waals surface area contributed by atoms with Crippen molar-refractivity contribution < 1.29 is 5.11 Å². The van der Waals surface area contributed by atoms with Crippen molar-refractivity contribution in [1.29, 1.82) is 5.41 Å². The van der Waals surface area contributed by atoms with E-state index in [1.165, 1.54) is 12.0 Å². The summed E-state index contributed by atoms with van der Waals surface area (Å²) in [5.74, 6) is 0.801. The van der Waals surface area contributed by atoms with Crippen LogP contribution in [0.3, 0.4) is 0 Å². The molecule has 1 aromatic carbocycles. The maximum atomic E-state index is 9.13. The molecule has 2 atom stereocenters. The van der Waals surface area contributed by atoms with E-state index in [0.29, 0.717) is 12.3 Å². The molecule has 2 rings (SSSR count). The van der Waals surface area contributed by atoms with Gasteiger partial charge in [0.2, 0.25) is 0 Å². The third-order valence-corrected chi connectivity index (χ3v) is 4.13. The van der Waals surface area contributed by atoms with Crippen LogP contribution in [0.25, 0.3) is 0 Å². The smallest absolute Gasteiger partial charge is 0.0924 e. The lowest BCUT2D eigenvalue weighted by molar-refractivity contribution is 0.109. The minimum Gasteiger partial charge on any atom is -0.396 e. The number of nitrogens with two attached hydrogens (primary N) is 1. The average molecular weight is 275 g/mol. The molecule has 1 aromatic rings. The first-order valence-electron chi connectivity index (χ1n) is 7.43. The summed E-state index contributed by atoms with van der Waals surface area (Å²) in [5, 5.41) is 16.8. The Morgan fingerprint density at radius 1 is 1.40 bits per heavy atom. The first kappa shape index (κ1) is 15.0. The van der Waals surface area contributed by atoms with Gasteiger partial charge in [0.15, 0.2) is 0 Å². The van der Waals surface area contributed by atoms with Gasteiger partial charge in [0.1, 0.15) is 0 Å². The van der Waals surface area contributed by atoms with Gasteiger partial charge >= 0.3 is 0 Å². The Hall–Kier alpha value is -1.39. The van der Waals surface area contributed by atoms with Crippen LogP contribution >= 0.6 is 0 Å². The third-order valence-electron chi connectivity index (χ3n) is 4.13. The summed E-state index contributed by atoms with van der Waals surface area (Å²) in [6, 6.07) is 10.5. The van der Waals surface area contributed by atoms with Gasteiger partial charge in [-0.3, -0.25) is 10.3 Å². The van der Waals surface area contributed by atoms with Gasteiger partial charge in [-0.25, -0.2) is 0 Å². The molecule has 0 spiro atoms. The van der Waals surface area contributed by atoms with Crippen molar-refractivity contribution in [3.8, 4) is 0 Å². The Morgan fingerprint density at radius 2 is 2.15 bits per heavy atom. The van der Waals surface area contributed by atoms with Gasteiger partial charge in [-0.2, -0.15) is 0 Å². The van der Waals surface area contributed by atoms with E-state index in [4.69, 9.17) is 16.2 Å². The lowest BCUT2D eigenvalue weighted by Crippen LogP contribution is -2.40. The van der Waals surface area contributed by atoms with Crippen molar-refractivity contribution in [3.63, 3.8) is 0 Å². The summed E-state index contributed by atoms with van der Waals surface area (Å²) in [4.78, 5) is 2.43. The maximum absolute atomic E-state index is 9.13. The third kappa shape index (κ3) is 4.05. The Morgan fingerprint density at radius 3 is 2.80 bits per heavy atom. The number of rotatable bonds is 6. The second kappa shape index (κ2) is 7.41. The van der Waals surface area contributed by atoms with Gasteiger partial charge in [0, 0.05) is 25.6 Å². The van der Waals surface area contributed by atoms with E-state index in [1.54, 1.807) is 0 Å². The lowest BCUT2D eigenvalue weighted by Gasteiger charge is -2.38. The molecule has 0 saturated carbocycles. The van der Waals surface area contributed by atoms with Crippen LogP contribution < -0.4 is 5.73 Å². The summed E-state index contributed by atoms with van der Waals surface area (Å²) in [6.45, 7) is 2.31. The summed E-state index contributed by atoms with van der Waals surface area (Å²) < 4.78 is 0. The number of hydrogen-bond donors (Lipinski definition) is 3. The second-order valence-corrected chi connectivity index (χ2v) is 5.67. The predicted molar refractivity (Wildman–Crippen MR) is 81.7 cm³/mol. The van der Waals surface area contributed by atoms with E-state index < -0.39 is 0 Å². The van der Waals surface area contributed by atoms with Gasteiger partial charge in [-0.05, 0) is 37.3 Å². The lowest BCUT2D eigenvalue weighted by atomic mass is 9.91. The van der Waals surface area contributed by atoms with E-state index in [-0.39, 0.29) is 18.5 Å². The molecule has 110 valence electrons. The average Bonchev–Trinajstić information content (AvgIpc) is 2.46. The number of aliphatic hydroxyl groups is 1. The van der Waals surface area contributed by atoms with Gasteiger partial charge in [0.05, 0.1) is 5.84 Å². The number of hydrogen-bond acceptors (Lipinski definition) is 3. The quantitative estimate of drug-likeness (QED) is 0.550. The molecule has 1 saturated heterocycles. The summed E-state index contributed by atoms with van der Waals surface area (Å²) in [7, 11) is 0. The number of likely N-dealkylation sites (tertiary alicyclic amines) is 1. The van der Waals surface area contributed by atoms with E-state index in [1.807, 2.05) is 18.2 Å². The van der Waals surface area contributed by atoms with Crippen LogP contribution in [-0.2, 0) is 0 Å². The van der Waals surface area contributed by atoms with Crippen LogP contribution in [0.5, 0.6) is 0 Å². The van der Waals surface area contributed by atoms with Gasteiger partial charge in [0.25, 0.3) is 0 Å². The van der Waals surface area contributed by atoms with Crippen LogP contribution in [0.15, 0.2) is 30.3 Å². The van der Waals surface area contributed by atoms with Gasteiger partial charge < -0.3 is 10.8 Å². The van der Waals surface area contributed by atoms with Gasteiger partial charge in [-0.15, -0.1) is 0 Å². The Labute approximate surface area is 121 Å². The van der Waals surface area contributed by atoms with Crippen molar-refractivity contribution in [1.82, 2.24) is 4.90 Å². The second-order valence-electron chi connectivity index (χ2n) is 5.67. The van der Waals surface area contributed by atoms with Crippen molar-refractivity contribution >= 4 is 5.84 Å². The zero-order chi connectivity index (χ0) is 14.4. The van der Waals surface area contributed by atoms with Crippen LogP contribution in [0.2, 0.25) is 0 Å². The number of benzene rings is 1. The zero-order valence-electron chi connectivity index (χ0n) is 12.0. The van der Waals surface area contributed by atoms with Crippen LogP contribution in [0, 0.1) is 11.3 Å². The normalized spacial score (nSPS) is 21.6. The molecule has 1 aliphatic heterocycles. The summed E-state index contributed by atoms with van der Waals surface area (Å²) >= 11 is 0. The molecular formula is C16H25N3O. The molecule has 1 heterocycles. The van der Waals surface area contributed by atoms with Crippen molar-refractivity contribution in [2.24, 2.45) is 11.7 Å². The SMILES string of the molecule is N=C(N)CC(c1ccccc1)N1CCCC(CCO)C1. The molecule has 4 nitrogen and oxygen atoms in total. The molecule has 20 heavy (non-hydrogen) atoms. The predicted octanol–water partition coefficient (Wildman–Crippen LogP) is 2.15. The highest BCUT2D eigenvalue weighted by atomic mass is 16.3. The fourth-order valence-electron chi connectivity index (χ4n) is 3.14. The van der Waals surface area contributed by atoms with E-state index in [9.17, 15) is 0 Å². The van der Waals surface area contributed by atoms with Crippen LogP contribution in [0.1, 0.15) is 37.3 Å². The number of nitrogens with zero attached hydrogens (tertiary/aromatic N) is 1. The standard InChI is InChI=1S/C16H25N3O/c17-16(18)11-15(14-6-2-1-3-7-14)19-9-4-5-13(12-19)8-10-20/h1-3,6-7,13,15,20H,4-5,8-12H2,(H3,17,18).